The second kappa shape index (κ2) is 4.28. The van der Waals surface area contributed by atoms with Crippen molar-refractivity contribution in [3.8, 4) is 6.07 Å². The summed E-state index contributed by atoms with van der Waals surface area (Å²) < 4.78 is 0. The van der Waals surface area contributed by atoms with Gasteiger partial charge in [0, 0.05) is 5.33 Å². The summed E-state index contributed by atoms with van der Waals surface area (Å²) in [4.78, 5) is 0. The Kier molecular flexibility index (Phi) is 3.58. The number of halogens is 1. The van der Waals surface area contributed by atoms with E-state index in [9.17, 15) is 0 Å². The molecule has 0 spiro atoms. The van der Waals surface area contributed by atoms with Gasteiger partial charge in [0.15, 0.2) is 0 Å². The Morgan fingerprint density at radius 3 is 2.50 bits per heavy atom. The third-order valence-corrected chi connectivity index (χ3v) is 3.70. The van der Waals surface area contributed by atoms with Crippen molar-refractivity contribution in [3.63, 3.8) is 0 Å². The van der Waals surface area contributed by atoms with E-state index in [0.717, 1.165) is 11.8 Å². The first-order chi connectivity index (χ1) is 5.70. The molecule has 0 amide bonds. The number of nitriles is 1. The van der Waals surface area contributed by atoms with Gasteiger partial charge in [-0.25, -0.2) is 0 Å². The van der Waals surface area contributed by atoms with E-state index < -0.39 is 0 Å². The largest absolute Gasteiger partial charge is 0.198 e. The fraction of sp³-hybridized carbons (Fsp3) is 0.900. The van der Waals surface area contributed by atoms with E-state index in [2.05, 4.69) is 28.9 Å². The molecule has 68 valence electrons. The van der Waals surface area contributed by atoms with Crippen LogP contribution in [-0.4, -0.2) is 5.33 Å². The van der Waals surface area contributed by atoms with E-state index in [1.54, 1.807) is 0 Å². The molecular formula is C10H16BrN. The molecule has 1 atom stereocenters. The Balaban J connectivity index is 2.43. The summed E-state index contributed by atoms with van der Waals surface area (Å²) in [7, 11) is 0. The van der Waals surface area contributed by atoms with Gasteiger partial charge in [-0.15, -0.1) is 0 Å². The number of hydrogen-bond donors (Lipinski definition) is 0. The number of nitrogens with zero attached hydrogens (tertiary/aromatic N) is 1. The van der Waals surface area contributed by atoms with E-state index >= 15 is 0 Å². The van der Waals surface area contributed by atoms with Gasteiger partial charge in [-0.1, -0.05) is 35.7 Å². The van der Waals surface area contributed by atoms with Gasteiger partial charge in [0.2, 0.25) is 0 Å². The Bertz CT molecular complexity index is 177. The smallest absolute Gasteiger partial charge is 0.0664 e. The average Bonchev–Trinajstić information content (AvgIpc) is 2.48. The van der Waals surface area contributed by atoms with Gasteiger partial charge < -0.3 is 0 Å². The molecule has 0 N–H and O–H groups in total. The lowest BCUT2D eigenvalue weighted by atomic mass is 9.80. The molecule has 1 fully saturated rings. The zero-order chi connectivity index (χ0) is 9.03. The van der Waals surface area contributed by atoms with Crippen LogP contribution >= 0.6 is 15.9 Å². The summed E-state index contributed by atoms with van der Waals surface area (Å²) in [6.45, 7) is 2.33. The molecule has 1 saturated carbocycles. The second-order valence-corrected chi connectivity index (χ2v) is 4.85. The van der Waals surface area contributed by atoms with Gasteiger partial charge in [0.05, 0.1) is 12.0 Å². The van der Waals surface area contributed by atoms with Crippen molar-refractivity contribution in [2.75, 3.05) is 5.33 Å². The van der Waals surface area contributed by atoms with Crippen LogP contribution in [0.15, 0.2) is 0 Å². The molecule has 12 heavy (non-hydrogen) atoms. The van der Waals surface area contributed by atoms with E-state index in [4.69, 9.17) is 5.26 Å². The molecule has 1 rings (SSSR count). The molecule has 1 aliphatic rings. The molecule has 1 unspecified atom stereocenters. The summed E-state index contributed by atoms with van der Waals surface area (Å²) >= 11 is 3.38. The predicted octanol–water partition coefficient (Wildman–Crippen LogP) is 3.49. The van der Waals surface area contributed by atoms with Gasteiger partial charge in [0.1, 0.15) is 0 Å². The van der Waals surface area contributed by atoms with E-state index in [1.807, 2.05) is 0 Å². The number of alkyl halides is 1. The maximum absolute atomic E-state index is 8.82. The highest BCUT2D eigenvalue weighted by molar-refractivity contribution is 9.09. The normalized spacial score (nSPS) is 23.4. The third-order valence-electron chi connectivity index (χ3n) is 2.92. The molecule has 0 radical (unpaired) electrons. The minimum Gasteiger partial charge on any atom is -0.198 e. The lowest BCUT2D eigenvalue weighted by Crippen LogP contribution is -2.16. The average molecular weight is 230 g/mol. The fourth-order valence-electron chi connectivity index (χ4n) is 2.16. The molecule has 0 aromatic carbocycles. The monoisotopic (exact) mass is 229 g/mol. The summed E-state index contributed by atoms with van der Waals surface area (Å²) in [5.41, 5.74) is 0.466. The summed E-state index contributed by atoms with van der Waals surface area (Å²) in [5.74, 6) is 0.216. The molecule has 0 aromatic rings. The maximum atomic E-state index is 8.82. The van der Waals surface area contributed by atoms with Crippen molar-refractivity contribution in [3.05, 3.63) is 0 Å². The Morgan fingerprint density at radius 1 is 1.50 bits per heavy atom. The van der Waals surface area contributed by atoms with Crippen LogP contribution in [0, 0.1) is 22.7 Å². The van der Waals surface area contributed by atoms with Gasteiger partial charge in [-0.05, 0) is 24.7 Å². The Morgan fingerprint density at radius 2 is 2.08 bits per heavy atom. The predicted molar refractivity (Wildman–Crippen MR) is 54.1 cm³/mol. The van der Waals surface area contributed by atoms with Crippen LogP contribution in [0.1, 0.15) is 39.0 Å². The summed E-state index contributed by atoms with van der Waals surface area (Å²) in [5, 5.41) is 9.65. The summed E-state index contributed by atoms with van der Waals surface area (Å²) in [6, 6.07) is 2.36. The van der Waals surface area contributed by atoms with Crippen molar-refractivity contribution >= 4 is 15.9 Å². The highest BCUT2D eigenvalue weighted by Crippen LogP contribution is 2.42. The van der Waals surface area contributed by atoms with Gasteiger partial charge >= 0.3 is 0 Å². The maximum Gasteiger partial charge on any atom is 0.0664 e. The molecule has 2 heteroatoms. The number of hydrogen-bond acceptors (Lipinski definition) is 1. The summed E-state index contributed by atoms with van der Waals surface area (Å²) in [6.07, 6.45) is 6.43. The van der Waals surface area contributed by atoms with Gasteiger partial charge in [-0.2, -0.15) is 5.26 Å². The van der Waals surface area contributed by atoms with Crippen molar-refractivity contribution in [1.29, 1.82) is 5.26 Å². The minimum absolute atomic E-state index is 0.216. The van der Waals surface area contributed by atoms with E-state index in [0.29, 0.717) is 5.41 Å². The van der Waals surface area contributed by atoms with E-state index in [-0.39, 0.29) is 5.92 Å². The van der Waals surface area contributed by atoms with E-state index in [1.165, 1.54) is 25.7 Å². The SMILES string of the molecule is CC1(CC(C#N)CBr)CCCC1. The molecule has 0 bridgehead atoms. The Labute approximate surface area is 83.3 Å². The molecule has 1 nitrogen and oxygen atoms in total. The standard InChI is InChI=1S/C10H16BrN/c1-10(4-2-3-5-10)6-9(7-11)8-12/h9H,2-7H2,1H3. The van der Waals surface area contributed by atoms with Crippen molar-refractivity contribution in [2.24, 2.45) is 11.3 Å². The molecule has 1 aliphatic carbocycles. The van der Waals surface area contributed by atoms with Gasteiger partial charge in [0.25, 0.3) is 0 Å². The molecular weight excluding hydrogens is 214 g/mol. The first-order valence-electron chi connectivity index (χ1n) is 4.66. The van der Waals surface area contributed by atoms with Crippen molar-refractivity contribution in [2.45, 2.75) is 39.0 Å². The highest BCUT2D eigenvalue weighted by Gasteiger charge is 2.30. The fourth-order valence-corrected chi connectivity index (χ4v) is 2.54. The lowest BCUT2D eigenvalue weighted by Gasteiger charge is -2.24. The minimum atomic E-state index is 0.216. The first-order valence-corrected chi connectivity index (χ1v) is 5.78. The van der Waals surface area contributed by atoms with Crippen LogP contribution in [0.25, 0.3) is 0 Å². The number of rotatable bonds is 3. The second-order valence-electron chi connectivity index (χ2n) is 4.20. The van der Waals surface area contributed by atoms with Crippen molar-refractivity contribution < 1.29 is 0 Å². The quantitative estimate of drug-likeness (QED) is 0.681. The highest BCUT2D eigenvalue weighted by atomic mass is 79.9. The van der Waals surface area contributed by atoms with Gasteiger partial charge in [-0.3, -0.25) is 0 Å². The molecule has 0 aliphatic heterocycles. The van der Waals surface area contributed by atoms with Crippen molar-refractivity contribution in [1.82, 2.24) is 0 Å². The lowest BCUT2D eigenvalue weighted by molar-refractivity contribution is 0.282. The Hall–Kier alpha value is -0.0300. The third kappa shape index (κ3) is 2.48. The first kappa shape index (κ1) is 10.1. The van der Waals surface area contributed by atoms with Crippen LogP contribution in [0.4, 0.5) is 0 Å². The zero-order valence-electron chi connectivity index (χ0n) is 7.65. The molecule has 0 aromatic heterocycles. The van der Waals surface area contributed by atoms with Crippen LogP contribution in [0.2, 0.25) is 0 Å². The molecule has 0 saturated heterocycles. The molecule has 0 heterocycles. The zero-order valence-corrected chi connectivity index (χ0v) is 9.23. The topological polar surface area (TPSA) is 23.8 Å². The van der Waals surface area contributed by atoms with Crippen LogP contribution < -0.4 is 0 Å². The van der Waals surface area contributed by atoms with Crippen LogP contribution in [0.3, 0.4) is 0 Å². The van der Waals surface area contributed by atoms with Crippen LogP contribution in [-0.2, 0) is 0 Å². The van der Waals surface area contributed by atoms with Crippen LogP contribution in [0.5, 0.6) is 0 Å².